The van der Waals surface area contributed by atoms with Gasteiger partial charge in [-0.05, 0) is 49.3 Å². The van der Waals surface area contributed by atoms with Gasteiger partial charge in [0, 0.05) is 0 Å². The maximum Gasteiger partial charge on any atom is 0.489 e. The highest BCUT2D eigenvalue weighted by Gasteiger charge is 2.22. The first-order valence-corrected chi connectivity index (χ1v) is 9.70. The van der Waals surface area contributed by atoms with Crippen molar-refractivity contribution in [2.75, 3.05) is 0 Å². The number of hydrogen-bond donors (Lipinski definition) is 2. The molecule has 0 radical (unpaired) electrons. The Morgan fingerprint density at radius 3 is 1.52 bits per heavy atom. The van der Waals surface area contributed by atoms with E-state index >= 15 is 0 Å². The lowest BCUT2D eigenvalue weighted by atomic mass is 9.73. The highest BCUT2D eigenvalue weighted by molar-refractivity contribution is 6.63. The van der Waals surface area contributed by atoms with Crippen LogP contribution in [0.25, 0.3) is 43.8 Å². The summed E-state index contributed by atoms with van der Waals surface area (Å²) >= 11 is 0. The standard InChI is InChI=1S/C26H19BO2/c28-27(29)23-17-9-16-22-24(18-10-3-1-4-11-18)20-14-7-8-15-21(20)25(26(22)23)19-12-5-2-6-13-19/h1-17,28-29H. The van der Waals surface area contributed by atoms with Crippen molar-refractivity contribution >= 4 is 34.1 Å². The Hall–Kier alpha value is -3.40. The molecule has 3 heteroatoms. The maximum absolute atomic E-state index is 10.2. The van der Waals surface area contributed by atoms with E-state index in [0.717, 1.165) is 43.8 Å². The van der Waals surface area contributed by atoms with E-state index in [1.54, 1.807) is 6.07 Å². The molecule has 138 valence electrons. The molecule has 0 aliphatic rings. The second-order valence-electron chi connectivity index (χ2n) is 7.17. The third-order valence-electron chi connectivity index (χ3n) is 5.48. The lowest BCUT2D eigenvalue weighted by Crippen LogP contribution is -2.30. The van der Waals surface area contributed by atoms with Gasteiger partial charge in [0.1, 0.15) is 0 Å². The van der Waals surface area contributed by atoms with E-state index < -0.39 is 7.12 Å². The molecule has 5 aromatic rings. The predicted molar refractivity (Wildman–Crippen MR) is 122 cm³/mol. The number of rotatable bonds is 3. The third-order valence-corrected chi connectivity index (χ3v) is 5.48. The average molecular weight is 374 g/mol. The normalized spacial score (nSPS) is 11.1. The Balaban J connectivity index is 2.07. The van der Waals surface area contributed by atoms with Crippen LogP contribution in [0.5, 0.6) is 0 Å². The van der Waals surface area contributed by atoms with Crippen LogP contribution in [0.3, 0.4) is 0 Å². The van der Waals surface area contributed by atoms with E-state index in [-0.39, 0.29) is 0 Å². The van der Waals surface area contributed by atoms with Crippen molar-refractivity contribution in [1.82, 2.24) is 0 Å². The van der Waals surface area contributed by atoms with Gasteiger partial charge in [-0.25, -0.2) is 0 Å². The first-order valence-electron chi connectivity index (χ1n) is 9.70. The van der Waals surface area contributed by atoms with Gasteiger partial charge in [-0.15, -0.1) is 0 Å². The molecule has 0 aliphatic heterocycles. The van der Waals surface area contributed by atoms with Crippen LogP contribution in [-0.4, -0.2) is 17.2 Å². The molecule has 0 fully saturated rings. The monoisotopic (exact) mass is 374 g/mol. The molecular weight excluding hydrogens is 355 g/mol. The Morgan fingerprint density at radius 2 is 0.931 bits per heavy atom. The van der Waals surface area contributed by atoms with E-state index in [2.05, 4.69) is 48.5 Å². The third kappa shape index (κ3) is 2.92. The van der Waals surface area contributed by atoms with Crippen LogP contribution >= 0.6 is 0 Å². The minimum absolute atomic E-state index is 0.518. The summed E-state index contributed by atoms with van der Waals surface area (Å²) in [6.45, 7) is 0. The Labute approximate surface area is 169 Å². The van der Waals surface area contributed by atoms with Crippen LogP contribution in [0.15, 0.2) is 103 Å². The molecule has 2 N–H and O–H groups in total. The molecule has 0 heterocycles. The maximum atomic E-state index is 10.2. The summed E-state index contributed by atoms with van der Waals surface area (Å²) in [6.07, 6.45) is 0. The molecule has 2 nitrogen and oxygen atoms in total. The summed E-state index contributed by atoms with van der Waals surface area (Å²) in [5.41, 5.74) is 4.82. The van der Waals surface area contributed by atoms with Gasteiger partial charge in [0.25, 0.3) is 0 Å². The van der Waals surface area contributed by atoms with Crippen LogP contribution in [0, 0.1) is 0 Å². The molecular formula is C26H19BO2. The summed E-state index contributed by atoms with van der Waals surface area (Å²) in [4.78, 5) is 0. The molecule has 5 aromatic carbocycles. The minimum atomic E-state index is -1.55. The van der Waals surface area contributed by atoms with Crippen molar-refractivity contribution in [3.63, 3.8) is 0 Å². The first kappa shape index (κ1) is 17.7. The Kier molecular flexibility index (Phi) is 4.40. The molecule has 0 aromatic heterocycles. The van der Waals surface area contributed by atoms with Gasteiger partial charge in [-0.3, -0.25) is 0 Å². The summed E-state index contributed by atoms with van der Waals surface area (Å²) < 4.78 is 0. The lowest BCUT2D eigenvalue weighted by Gasteiger charge is -2.20. The van der Waals surface area contributed by atoms with Crippen molar-refractivity contribution in [2.45, 2.75) is 0 Å². The zero-order valence-corrected chi connectivity index (χ0v) is 15.8. The van der Waals surface area contributed by atoms with E-state index in [4.69, 9.17) is 0 Å². The smallest absolute Gasteiger partial charge is 0.423 e. The Morgan fingerprint density at radius 1 is 0.448 bits per heavy atom. The molecule has 29 heavy (non-hydrogen) atoms. The fraction of sp³-hybridized carbons (Fsp3) is 0. The largest absolute Gasteiger partial charge is 0.489 e. The van der Waals surface area contributed by atoms with Crippen LogP contribution < -0.4 is 5.46 Å². The number of benzene rings is 5. The molecule has 0 amide bonds. The predicted octanol–water partition coefficient (Wildman–Crippen LogP) is 5.01. The zero-order valence-electron chi connectivity index (χ0n) is 15.8. The van der Waals surface area contributed by atoms with Gasteiger partial charge in [0.2, 0.25) is 0 Å². The van der Waals surface area contributed by atoms with Crippen molar-refractivity contribution in [2.24, 2.45) is 0 Å². The average Bonchev–Trinajstić information content (AvgIpc) is 2.78. The second kappa shape index (κ2) is 7.21. The van der Waals surface area contributed by atoms with Crippen LogP contribution in [-0.2, 0) is 0 Å². The Bertz CT molecular complexity index is 1310. The lowest BCUT2D eigenvalue weighted by molar-refractivity contribution is 0.426. The second-order valence-corrected chi connectivity index (χ2v) is 7.17. The van der Waals surface area contributed by atoms with Crippen molar-refractivity contribution in [3.8, 4) is 22.3 Å². The molecule has 0 saturated heterocycles. The quantitative estimate of drug-likeness (QED) is 0.344. The van der Waals surface area contributed by atoms with Crippen molar-refractivity contribution in [1.29, 1.82) is 0 Å². The minimum Gasteiger partial charge on any atom is -0.423 e. The zero-order chi connectivity index (χ0) is 19.8. The molecule has 5 rings (SSSR count). The highest BCUT2D eigenvalue weighted by atomic mass is 16.4. The fourth-order valence-corrected chi connectivity index (χ4v) is 4.29. The van der Waals surface area contributed by atoms with Gasteiger partial charge in [-0.1, -0.05) is 103 Å². The highest BCUT2D eigenvalue weighted by Crippen LogP contribution is 2.42. The van der Waals surface area contributed by atoms with Gasteiger partial charge in [0.15, 0.2) is 0 Å². The van der Waals surface area contributed by atoms with Gasteiger partial charge < -0.3 is 10.0 Å². The van der Waals surface area contributed by atoms with E-state index in [1.807, 2.05) is 48.5 Å². The molecule has 0 bridgehead atoms. The molecule has 0 unspecified atom stereocenters. The SMILES string of the molecule is OB(O)c1cccc2c(-c3ccccc3)c3ccccc3c(-c3ccccc3)c12. The molecule has 0 spiro atoms. The van der Waals surface area contributed by atoms with E-state index in [9.17, 15) is 10.0 Å². The topological polar surface area (TPSA) is 40.5 Å². The summed E-state index contributed by atoms with van der Waals surface area (Å²) in [7, 11) is -1.55. The summed E-state index contributed by atoms with van der Waals surface area (Å²) in [5.74, 6) is 0. The van der Waals surface area contributed by atoms with Crippen LogP contribution in [0.4, 0.5) is 0 Å². The van der Waals surface area contributed by atoms with Crippen LogP contribution in [0.1, 0.15) is 0 Å². The van der Waals surface area contributed by atoms with E-state index in [1.165, 1.54) is 0 Å². The molecule has 0 aliphatic carbocycles. The van der Waals surface area contributed by atoms with Crippen molar-refractivity contribution < 1.29 is 10.0 Å². The number of hydrogen-bond acceptors (Lipinski definition) is 2. The van der Waals surface area contributed by atoms with Gasteiger partial charge >= 0.3 is 7.12 Å². The van der Waals surface area contributed by atoms with E-state index in [0.29, 0.717) is 5.46 Å². The first-order chi connectivity index (χ1) is 14.3. The van der Waals surface area contributed by atoms with Gasteiger partial charge in [0.05, 0.1) is 0 Å². The molecule has 0 atom stereocenters. The van der Waals surface area contributed by atoms with Crippen molar-refractivity contribution in [3.05, 3.63) is 103 Å². The number of fused-ring (bicyclic) bond motifs is 2. The van der Waals surface area contributed by atoms with Gasteiger partial charge in [-0.2, -0.15) is 0 Å². The fourth-order valence-electron chi connectivity index (χ4n) is 4.29. The van der Waals surface area contributed by atoms with Crippen LogP contribution in [0.2, 0.25) is 0 Å². The summed E-state index contributed by atoms with van der Waals surface area (Å²) in [6, 6.07) is 34.6. The molecule has 0 saturated carbocycles. The summed E-state index contributed by atoms with van der Waals surface area (Å²) in [5, 5.41) is 24.5.